The number of rotatable bonds is 18. The third-order valence-electron chi connectivity index (χ3n) is 10.1. The Hall–Kier alpha value is -3.12. The van der Waals surface area contributed by atoms with Crippen LogP contribution in [0.25, 0.3) is 0 Å². The van der Waals surface area contributed by atoms with E-state index in [1.165, 1.54) is 0 Å². The third kappa shape index (κ3) is 7.63. The molecule has 1 amide bonds. The maximum atomic E-state index is 13.3. The largest absolute Gasteiger partial charge is 0.492 e. The molecule has 2 heterocycles. The lowest BCUT2D eigenvalue weighted by atomic mass is 9.55. The van der Waals surface area contributed by atoms with E-state index < -0.39 is 17.9 Å². The molecule has 5 rings (SSSR count). The minimum absolute atomic E-state index is 0.0856. The van der Waals surface area contributed by atoms with Crippen LogP contribution in [0.4, 0.5) is 4.79 Å². The number of unbranched alkanes of at least 4 members (excludes halogenated alkanes) is 2. The molecule has 0 bridgehead atoms. The van der Waals surface area contributed by atoms with Crippen LogP contribution < -0.4 is 9.47 Å². The highest BCUT2D eigenvalue weighted by atomic mass is 16.7. The minimum Gasteiger partial charge on any atom is -0.492 e. The summed E-state index contributed by atoms with van der Waals surface area (Å²) in [5.74, 6) is 0.111. The first kappa shape index (κ1) is 35.2. The maximum absolute atomic E-state index is 13.3. The highest BCUT2D eigenvalue weighted by Crippen LogP contribution is 2.61. The summed E-state index contributed by atoms with van der Waals surface area (Å²) < 4.78 is 25.6. The number of oxime groups is 1. The van der Waals surface area contributed by atoms with Crippen molar-refractivity contribution in [2.75, 3.05) is 66.8 Å². The molecule has 1 saturated heterocycles. The lowest BCUT2D eigenvalue weighted by Gasteiger charge is -2.59. The molecule has 1 aromatic rings. The SMILES string of the molecule is C=CCO[C@@]12Oc3ccc(OCCN4CC4)cc3[C@H]3[C@H](CCCCO)[C@@H](CCCCO)C=C(C(=NOC)C[C@@H]1N(C)C(=O)OCC)[C@H]32. The van der Waals surface area contributed by atoms with Gasteiger partial charge in [0.25, 0.3) is 0 Å². The summed E-state index contributed by atoms with van der Waals surface area (Å²) in [6.45, 7) is 10.2. The van der Waals surface area contributed by atoms with Gasteiger partial charge < -0.3 is 38.9 Å². The van der Waals surface area contributed by atoms with Crippen LogP contribution >= 0.6 is 0 Å². The highest BCUT2D eigenvalue weighted by molar-refractivity contribution is 6.02. The van der Waals surface area contributed by atoms with Crippen molar-refractivity contribution in [1.29, 1.82) is 0 Å². The van der Waals surface area contributed by atoms with Crippen LogP contribution in [0.5, 0.6) is 11.5 Å². The summed E-state index contributed by atoms with van der Waals surface area (Å²) in [7, 11) is 3.26. The molecule has 0 spiro atoms. The minimum atomic E-state index is -1.28. The first-order valence-electron chi connectivity index (χ1n) is 17.3. The molecule has 47 heavy (non-hydrogen) atoms. The van der Waals surface area contributed by atoms with Crippen LogP contribution in [0.1, 0.15) is 63.4 Å². The topological polar surface area (TPSA) is 122 Å². The second-order valence-corrected chi connectivity index (χ2v) is 13.0. The molecule has 2 fully saturated rings. The number of carbonyl (C=O) groups is 1. The molecular weight excluding hydrogens is 602 g/mol. The van der Waals surface area contributed by atoms with Crippen molar-refractivity contribution in [3.8, 4) is 11.5 Å². The van der Waals surface area contributed by atoms with E-state index in [0.29, 0.717) is 25.2 Å². The van der Waals surface area contributed by atoms with Crippen molar-refractivity contribution < 1.29 is 38.8 Å². The molecule has 260 valence electrons. The fraction of sp³-hybridized carbons (Fsp3) is 0.667. The van der Waals surface area contributed by atoms with Gasteiger partial charge in [-0.15, -0.1) is 6.58 Å². The number of likely N-dealkylation sites (N-methyl/N-ethyl adjacent to an activating group) is 1. The smallest absolute Gasteiger partial charge is 0.409 e. The van der Waals surface area contributed by atoms with Crippen molar-refractivity contribution in [3.63, 3.8) is 0 Å². The molecule has 2 N–H and O–H groups in total. The summed E-state index contributed by atoms with van der Waals surface area (Å²) in [5.41, 5.74) is 2.79. The van der Waals surface area contributed by atoms with E-state index in [4.69, 9.17) is 23.8 Å². The van der Waals surface area contributed by atoms with Gasteiger partial charge in [0, 0.05) is 57.8 Å². The Morgan fingerprint density at radius 1 is 1.19 bits per heavy atom. The first-order valence-corrected chi connectivity index (χ1v) is 17.3. The number of nitrogens with zero attached hydrogens (tertiary/aromatic N) is 3. The molecule has 2 aliphatic heterocycles. The van der Waals surface area contributed by atoms with E-state index in [9.17, 15) is 15.0 Å². The van der Waals surface area contributed by atoms with Crippen LogP contribution in [-0.2, 0) is 14.3 Å². The van der Waals surface area contributed by atoms with E-state index >= 15 is 0 Å². The summed E-state index contributed by atoms with van der Waals surface area (Å²) in [4.78, 5) is 22.7. The second-order valence-electron chi connectivity index (χ2n) is 13.0. The number of hydrogen-bond donors (Lipinski definition) is 2. The Morgan fingerprint density at radius 3 is 2.64 bits per heavy atom. The fourth-order valence-electron chi connectivity index (χ4n) is 7.87. The van der Waals surface area contributed by atoms with Crippen LogP contribution in [-0.4, -0.2) is 110 Å². The van der Waals surface area contributed by atoms with Crippen LogP contribution in [0, 0.1) is 17.8 Å². The van der Waals surface area contributed by atoms with E-state index in [0.717, 1.165) is 74.3 Å². The Morgan fingerprint density at radius 2 is 1.96 bits per heavy atom. The number of carbonyl (C=O) groups excluding carboxylic acids is 1. The van der Waals surface area contributed by atoms with Gasteiger partial charge in [-0.05, 0) is 68.2 Å². The average molecular weight is 656 g/mol. The van der Waals surface area contributed by atoms with Crippen LogP contribution in [0.2, 0.25) is 0 Å². The molecule has 11 heteroatoms. The van der Waals surface area contributed by atoms with Gasteiger partial charge in [-0.2, -0.15) is 0 Å². The number of benzene rings is 1. The Balaban J connectivity index is 1.69. The van der Waals surface area contributed by atoms with Gasteiger partial charge in [-0.25, -0.2) is 4.79 Å². The van der Waals surface area contributed by atoms with Gasteiger partial charge in [0.1, 0.15) is 31.3 Å². The number of amides is 1. The second kappa shape index (κ2) is 16.3. The monoisotopic (exact) mass is 655 g/mol. The number of aliphatic hydroxyl groups excluding tert-OH is 2. The molecule has 6 atom stereocenters. The maximum Gasteiger partial charge on any atom is 0.409 e. The zero-order chi connectivity index (χ0) is 33.4. The van der Waals surface area contributed by atoms with Crippen LogP contribution in [0.15, 0.2) is 47.7 Å². The Bertz CT molecular complexity index is 1280. The summed E-state index contributed by atoms with van der Waals surface area (Å²) >= 11 is 0. The fourth-order valence-corrected chi connectivity index (χ4v) is 7.87. The van der Waals surface area contributed by atoms with Crippen LogP contribution in [0.3, 0.4) is 0 Å². The number of allylic oxidation sites excluding steroid dienone is 1. The number of fused-ring (bicyclic) bond motifs is 2. The molecule has 0 aromatic heterocycles. The molecular formula is C36H53N3O8. The molecule has 1 saturated carbocycles. The van der Waals surface area contributed by atoms with Crippen molar-refractivity contribution in [1.82, 2.24) is 9.80 Å². The van der Waals surface area contributed by atoms with Gasteiger partial charge >= 0.3 is 6.09 Å². The summed E-state index contributed by atoms with van der Waals surface area (Å²) in [6, 6.07) is 5.45. The Labute approximate surface area is 279 Å². The molecule has 0 unspecified atom stereocenters. The first-order chi connectivity index (χ1) is 22.9. The van der Waals surface area contributed by atoms with E-state index in [2.05, 4.69) is 28.8 Å². The average Bonchev–Trinajstić information content (AvgIpc) is 3.90. The molecule has 11 nitrogen and oxygen atoms in total. The summed E-state index contributed by atoms with van der Waals surface area (Å²) in [5, 5.41) is 23.9. The molecule has 2 aliphatic carbocycles. The summed E-state index contributed by atoms with van der Waals surface area (Å²) in [6.07, 6.45) is 8.84. The predicted molar refractivity (Wildman–Crippen MR) is 179 cm³/mol. The van der Waals surface area contributed by atoms with Gasteiger partial charge in [-0.1, -0.05) is 30.1 Å². The van der Waals surface area contributed by atoms with Gasteiger partial charge in [0.2, 0.25) is 5.79 Å². The zero-order valence-electron chi connectivity index (χ0n) is 28.3. The zero-order valence-corrected chi connectivity index (χ0v) is 28.3. The van der Waals surface area contributed by atoms with Crippen molar-refractivity contribution in [2.45, 2.75) is 69.6 Å². The third-order valence-corrected chi connectivity index (χ3v) is 10.1. The van der Waals surface area contributed by atoms with E-state index in [1.807, 2.05) is 12.1 Å². The van der Waals surface area contributed by atoms with Gasteiger partial charge in [0.05, 0.1) is 24.8 Å². The lowest BCUT2D eigenvalue weighted by molar-refractivity contribution is -0.253. The normalized spacial score (nSPS) is 28.4. The van der Waals surface area contributed by atoms with Crippen molar-refractivity contribution in [3.05, 3.63) is 48.1 Å². The molecule has 4 aliphatic rings. The quantitative estimate of drug-likeness (QED) is 0.100. The predicted octanol–water partition coefficient (Wildman–Crippen LogP) is 4.73. The number of hydrogen-bond acceptors (Lipinski definition) is 10. The van der Waals surface area contributed by atoms with Gasteiger partial charge in [0.15, 0.2) is 0 Å². The molecule has 0 radical (unpaired) electrons. The molecule has 1 aromatic carbocycles. The van der Waals surface area contributed by atoms with Crippen molar-refractivity contribution in [2.24, 2.45) is 22.9 Å². The standard InChI is InChI=1S/C36H53N3O8/c1-5-20-46-36-32(38(3)35(42)44-6-2)24-30(37-43-4)28-22-25(11-7-9-18-40)27(12-8-10-19-41)33(34(28)36)29-23-26(13-14-31(29)47-36)45-21-17-39-15-16-39/h5,13-14,22-23,25,27,32-34,40-41H,1,6-12,15-21,24H2,2-4H3/t25-,27+,32-,33+,34+,36+/m0/s1. The number of ether oxygens (including phenoxy) is 4. The highest BCUT2D eigenvalue weighted by Gasteiger charge is 2.65. The van der Waals surface area contributed by atoms with Gasteiger partial charge in [-0.3, -0.25) is 4.90 Å². The van der Waals surface area contributed by atoms with Crippen molar-refractivity contribution >= 4 is 11.8 Å². The van der Waals surface area contributed by atoms with E-state index in [-0.39, 0.29) is 50.1 Å². The number of aliphatic hydroxyl groups is 2. The van der Waals surface area contributed by atoms with E-state index in [1.54, 1.807) is 32.1 Å². The Kier molecular flexibility index (Phi) is 12.2. The lowest BCUT2D eigenvalue weighted by Crippen LogP contribution is -2.69.